The summed E-state index contributed by atoms with van der Waals surface area (Å²) in [5, 5.41) is 4.32. The van der Waals surface area contributed by atoms with Crippen LogP contribution in [0.3, 0.4) is 0 Å². The van der Waals surface area contributed by atoms with E-state index >= 15 is 0 Å². The van der Waals surface area contributed by atoms with Crippen LogP contribution in [0.15, 0.2) is 65.6 Å². The summed E-state index contributed by atoms with van der Waals surface area (Å²) in [6.45, 7) is 8.03. The van der Waals surface area contributed by atoms with Crippen LogP contribution in [0.1, 0.15) is 65.0 Å². The quantitative estimate of drug-likeness (QED) is 0.412. The fourth-order valence-corrected chi connectivity index (χ4v) is 6.55. The summed E-state index contributed by atoms with van der Waals surface area (Å²) >= 11 is 0. The van der Waals surface area contributed by atoms with Crippen LogP contribution < -0.4 is 5.32 Å². The third kappa shape index (κ3) is 6.43. The van der Waals surface area contributed by atoms with E-state index in [4.69, 9.17) is 9.57 Å². The van der Waals surface area contributed by atoms with E-state index in [1.165, 1.54) is 16.4 Å². The summed E-state index contributed by atoms with van der Waals surface area (Å²) < 4.78 is 33.6. The summed E-state index contributed by atoms with van der Waals surface area (Å²) in [6.07, 6.45) is -0.220. The number of nitrogens with one attached hydrogen (secondary N) is 1. The Hall–Kier alpha value is -2.79. The number of hydrogen-bond acceptors (Lipinski definition) is 7. The average molecular weight is 544 g/mol. The van der Waals surface area contributed by atoms with Crippen LogP contribution in [-0.4, -0.2) is 54.7 Å². The van der Waals surface area contributed by atoms with E-state index in [1.807, 2.05) is 58.0 Å². The predicted octanol–water partition coefficient (Wildman–Crippen LogP) is 4.62. The monoisotopic (exact) mass is 543 g/mol. The molecule has 0 bridgehead atoms. The van der Waals surface area contributed by atoms with Gasteiger partial charge in [-0.25, -0.2) is 13.2 Å². The Morgan fingerprint density at radius 1 is 1.11 bits per heavy atom. The maximum Gasteiger partial charge on any atom is 0.409 e. The minimum absolute atomic E-state index is 0.124. The van der Waals surface area contributed by atoms with Gasteiger partial charge < -0.3 is 10.1 Å². The predicted molar refractivity (Wildman–Crippen MR) is 142 cm³/mol. The molecule has 2 heterocycles. The van der Waals surface area contributed by atoms with E-state index in [9.17, 15) is 18.0 Å². The molecule has 4 rings (SSSR count). The topological polar surface area (TPSA) is 108 Å². The largest absolute Gasteiger partial charge is 0.429 e. The van der Waals surface area contributed by atoms with Crippen molar-refractivity contribution in [3.63, 3.8) is 0 Å². The number of amides is 1. The molecule has 0 aromatic heterocycles. The molecule has 2 aromatic carbocycles. The fraction of sp³-hybridized carbons (Fsp3) is 0.500. The number of carbonyl (C=O) groups is 2. The van der Waals surface area contributed by atoms with E-state index in [2.05, 4.69) is 5.32 Å². The first-order valence-corrected chi connectivity index (χ1v) is 14.6. The van der Waals surface area contributed by atoms with E-state index in [-0.39, 0.29) is 28.7 Å². The average Bonchev–Trinajstić information content (AvgIpc) is 3.64. The highest BCUT2D eigenvalue weighted by Gasteiger charge is 2.50. The lowest BCUT2D eigenvalue weighted by atomic mass is 9.93. The number of hydrogen-bond donors (Lipinski definition) is 1. The molecule has 0 spiro atoms. The molecule has 1 amide bonds. The molecule has 2 aromatic rings. The highest BCUT2D eigenvalue weighted by Crippen LogP contribution is 2.38. The van der Waals surface area contributed by atoms with Gasteiger partial charge in [-0.15, -0.1) is 5.06 Å². The number of hydroxylamine groups is 2. The SMILES string of the molecule is CCCC[C@H](NC(=O)OC1CC(C)(C)CN1S(=O)(=O)c1ccccc1)C(=O)C1ON1[C@H](C)c1ccccc1. The molecule has 5 atom stereocenters. The van der Waals surface area contributed by atoms with Gasteiger partial charge in [0.25, 0.3) is 0 Å². The Morgan fingerprint density at radius 3 is 2.37 bits per heavy atom. The minimum Gasteiger partial charge on any atom is -0.429 e. The lowest BCUT2D eigenvalue weighted by Crippen LogP contribution is -2.47. The molecule has 38 heavy (non-hydrogen) atoms. The molecule has 0 aliphatic carbocycles. The van der Waals surface area contributed by atoms with Crippen LogP contribution in [0, 0.1) is 5.41 Å². The zero-order chi connectivity index (χ0) is 27.5. The van der Waals surface area contributed by atoms with E-state index in [0.29, 0.717) is 12.8 Å². The second-order valence-electron chi connectivity index (χ2n) is 10.7. The van der Waals surface area contributed by atoms with Gasteiger partial charge in [-0.1, -0.05) is 82.1 Å². The highest BCUT2D eigenvalue weighted by atomic mass is 32.2. The molecule has 3 unspecified atom stereocenters. The van der Waals surface area contributed by atoms with Gasteiger partial charge >= 0.3 is 6.09 Å². The first kappa shape index (κ1) is 28.2. The van der Waals surface area contributed by atoms with Crippen LogP contribution >= 0.6 is 0 Å². The van der Waals surface area contributed by atoms with Gasteiger partial charge in [-0.2, -0.15) is 4.31 Å². The maximum atomic E-state index is 13.3. The van der Waals surface area contributed by atoms with Crippen molar-refractivity contribution in [2.75, 3.05) is 6.54 Å². The standard InChI is InChI=1S/C28H37N3O6S/c1-5-6-17-23(25(32)26-31(37-26)20(2)21-13-9-7-10-14-21)29-27(33)36-24-18-28(3,4)19-30(24)38(34,35)22-15-11-8-12-16-22/h7-16,20,23-24,26H,5-6,17-19H2,1-4H3,(H,29,33)/t20-,23+,24?,26?,31?/m1/s1. The Labute approximate surface area is 225 Å². The molecule has 2 aliphatic rings. The van der Waals surface area contributed by atoms with Crippen molar-refractivity contribution in [2.45, 2.75) is 82.8 Å². The van der Waals surface area contributed by atoms with Crippen molar-refractivity contribution < 1.29 is 27.6 Å². The van der Waals surface area contributed by atoms with Gasteiger partial charge in [0, 0.05) is 13.0 Å². The summed E-state index contributed by atoms with van der Waals surface area (Å²) in [5.74, 6) is -0.251. The van der Waals surface area contributed by atoms with Gasteiger partial charge in [-0.05, 0) is 36.5 Å². The molecule has 2 saturated heterocycles. The molecule has 10 heteroatoms. The second-order valence-corrected chi connectivity index (χ2v) is 12.6. The number of benzene rings is 2. The van der Waals surface area contributed by atoms with Crippen LogP contribution in [0.25, 0.3) is 0 Å². The maximum absolute atomic E-state index is 13.3. The molecular weight excluding hydrogens is 506 g/mol. The third-order valence-electron chi connectivity index (χ3n) is 7.02. The zero-order valence-corrected chi connectivity index (χ0v) is 23.2. The molecule has 2 aliphatic heterocycles. The molecule has 206 valence electrons. The Balaban J connectivity index is 1.43. The van der Waals surface area contributed by atoms with Gasteiger partial charge in [0.05, 0.1) is 17.0 Å². The number of ether oxygens (including phenoxy) is 1. The van der Waals surface area contributed by atoms with Gasteiger partial charge in [0.15, 0.2) is 6.23 Å². The number of carbonyl (C=O) groups excluding carboxylic acids is 2. The molecule has 1 N–H and O–H groups in total. The number of alkyl carbamates (subject to hydrolysis) is 1. The molecule has 0 radical (unpaired) electrons. The smallest absolute Gasteiger partial charge is 0.409 e. The minimum atomic E-state index is -3.88. The van der Waals surface area contributed by atoms with Crippen molar-refractivity contribution in [3.05, 3.63) is 66.2 Å². The number of rotatable bonds is 11. The van der Waals surface area contributed by atoms with E-state index in [1.54, 1.807) is 23.3 Å². The van der Waals surface area contributed by atoms with Crippen molar-refractivity contribution in [3.8, 4) is 0 Å². The second kappa shape index (κ2) is 11.5. The zero-order valence-electron chi connectivity index (χ0n) is 22.4. The van der Waals surface area contributed by atoms with Crippen LogP contribution in [0.2, 0.25) is 0 Å². The van der Waals surface area contributed by atoms with E-state index in [0.717, 1.165) is 18.4 Å². The Bertz CT molecular complexity index is 1220. The van der Waals surface area contributed by atoms with Crippen LogP contribution in [0.4, 0.5) is 4.79 Å². The number of ketones is 1. The summed E-state index contributed by atoms with van der Waals surface area (Å²) in [6, 6.07) is 16.9. The molecule has 9 nitrogen and oxygen atoms in total. The van der Waals surface area contributed by atoms with Crippen molar-refractivity contribution in [1.29, 1.82) is 0 Å². The van der Waals surface area contributed by atoms with Crippen molar-refractivity contribution in [1.82, 2.24) is 14.7 Å². The molecule has 0 saturated carbocycles. The first-order chi connectivity index (χ1) is 18.0. The highest BCUT2D eigenvalue weighted by molar-refractivity contribution is 7.89. The lowest BCUT2D eigenvalue weighted by Gasteiger charge is -2.25. The van der Waals surface area contributed by atoms with Crippen molar-refractivity contribution >= 4 is 21.9 Å². The molecular formula is C28H37N3O6S. The number of nitrogens with zero attached hydrogens (tertiary/aromatic N) is 2. The molecule has 2 fully saturated rings. The number of unbranched alkanes of at least 4 members (excludes halogenated alkanes) is 1. The van der Waals surface area contributed by atoms with Gasteiger partial charge in [0.1, 0.15) is 0 Å². The van der Waals surface area contributed by atoms with Gasteiger partial charge in [0.2, 0.25) is 22.0 Å². The fourth-order valence-electron chi connectivity index (χ4n) is 4.83. The Kier molecular flexibility index (Phi) is 8.56. The summed E-state index contributed by atoms with van der Waals surface area (Å²) in [5.41, 5.74) is 0.629. The van der Waals surface area contributed by atoms with Gasteiger partial charge in [-0.3, -0.25) is 9.63 Å². The normalized spacial score (nSPS) is 24.4. The van der Waals surface area contributed by atoms with Crippen LogP contribution in [-0.2, 0) is 24.4 Å². The number of sulfonamides is 1. The lowest BCUT2D eigenvalue weighted by molar-refractivity contribution is -0.122. The summed E-state index contributed by atoms with van der Waals surface area (Å²) in [4.78, 5) is 32.1. The number of Topliss-reactive ketones (excluding diaryl/α,β-unsaturated/α-hetero) is 1. The summed E-state index contributed by atoms with van der Waals surface area (Å²) in [7, 11) is -3.88. The van der Waals surface area contributed by atoms with E-state index < -0.39 is 34.6 Å². The van der Waals surface area contributed by atoms with Crippen LogP contribution in [0.5, 0.6) is 0 Å². The first-order valence-electron chi connectivity index (χ1n) is 13.1. The Morgan fingerprint density at radius 2 is 1.74 bits per heavy atom. The van der Waals surface area contributed by atoms with Crippen molar-refractivity contribution in [2.24, 2.45) is 5.41 Å². The third-order valence-corrected chi connectivity index (χ3v) is 8.87.